The summed E-state index contributed by atoms with van der Waals surface area (Å²) in [6.45, 7) is 3.49. The quantitative estimate of drug-likeness (QED) is 0.841. The third kappa shape index (κ3) is 4.98. The second-order valence-electron chi connectivity index (χ2n) is 3.97. The van der Waals surface area contributed by atoms with Gasteiger partial charge in [-0.25, -0.2) is 9.18 Å². The second kappa shape index (κ2) is 7.23. The van der Waals surface area contributed by atoms with Crippen LogP contribution in [-0.4, -0.2) is 24.5 Å². The maximum atomic E-state index is 13.3. The predicted molar refractivity (Wildman–Crippen MR) is 72.0 cm³/mol. The van der Waals surface area contributed by atoms with Gasteiger partial charge >= 0.3 is 5.97 Å². The molecule has 0 aliphatic rings. The maximum absolute atomic E-state index is 13.3. The van der Waals surface area contributed by atoms with Crippen LogP contribution >= 0.6 is 15.9 Å². The summed E-state index contributed by atoms with van der Waals surface area (Å²) < 4.78 is 18.4. The number of hydrogen-bond donors (Lipinski definition) is 1. The van der Waals surface area contributed by atoms with Crippen molar-refractivity contribution in [2.75, 3.05) is 6.61 Å². The van der Waals surface area contributed by atoms with Crippen LogP contribution in [0.15, 0.2) is 22.7 Å². The standard InChI is InChI=1S/C13H15BrFNO3/c1-3-19-13(18)8(2)16-12(17)7-9-4-5-10(14)11(15)6-9/h4-6,8H,3,7H2,1-2H3,(H,16,17)/t8-/m0/s1. The van der Waals surface area contributed by atoms with Crippen molar-refractivity contribution in [3.8, 4) is 0 Å². The number of benzene rings is 1. The number of hydrogen-bond acceptors (Lipinski definition) is 3. The van der Waals surface area contributed by atoms with Crippen molar-refractivity contribution in [2.45, 2.75) is 26.3 Å². The molecular formula is C13H15BrFNO3. The number of nitrogens with one attached hydrogen (secondary N) is 1. The van der Waals surface area contributed by atoms with E-state index in [1.54, 1.807) is 13.0 Å². The van der Waals surface area contributed by atoms with E-state index < -0.39 is 17.8 Å². The molecule has 0 heterocycles. The summed E-state index contributed by atoms with van der Waals surface area (Å²) in [5.41, 5.74) is 0.536. The van der Waals surface area contributed by atoms with E-state index in [0.29, 0.717) is 10.0 Å². The van der Waals surface area contributed by atoms with Gasteiger partial charge in [0.05, 0.1) is 17.5 Å². The highest BCUT2D eigenvalue weighted by Gasteiger charge is 2.16. The number of ether oxygens (including phenoxy) is 1. The maximum Gasteiger partial charge on any atom is 0.328 e. The van der Waals surface area contributed by atoms with Crippen LogP contribution in [0.2, 0.25) is 0 Å². The molecule has 6 heteroatoms. The van der Waals surface area contributed by atoms with Crippen LogP contribution in [0, 0.1) is 5.82 Å². The summed E-state index contributed by atoms with van der Waals surface area (Å²) >= 11 is 3.04. The summed E-state index contributed by atoms with van der Waals surface area (Å²) in [6.07, 6.45) is 0.00788. The number of carbonyl (C=O) groups is 2. The molecule has 0 fully saturated rings. The van der Waals surface area contributed by atoms with Gasteiger partial charge in [0, 0.05) is 0 Å². The normalized spacial score (nSPS) is 11.8. The Morgan fingerprint density at radius 1 is 1.47 bits per heavy atom. The van der Waals surface area contributed by atoms with Gasteiger partial charge in [0.2, 0.25) is 5.91 Å². The van der Waals surface area contributed by atoms with Crippen molar-refractivity contribution in [3.63, 3.8) is 0 Å². The molecule has 1 aromatic carbocycles. The molecule has 1 atom stereocenters. The minimum Gasteiger partial charge on any atom is -0.464 e. The summed E-state index contributed by atoms with van der Waals surface area (Å²) in [5.74, 6) is -1.27. The Hall–Kier alpha value is -1.43. The van der Waals surface area contributed by atoms with Gasteiger partial charge in [-0.15, -0.1) is 0 Å². The average molecular weight is 332 g/mol. The molecule has 0 aliphatic carbocycles. The van der Waals surface area contributed by atoms with Crippen LogP contribution in [0.5, 0.6) is 0 Å². The molecule has 0 saturated carbocycles. The Morgan fingerprint density at radius 2 is 2.16 bits per heavy atom. The molecule has 104 valence electrons. The summed E-state index contributed by atoms with van der Waals surface area (Å²) in [4.78, 5) is 23.0. The van der Waals surface area contributed by atoms with Crippen LogP contribution in [0.4, 0.5) is 4.39 Å². The topological polar surface area (TPSA) is 55.4 Å². The molecule has 0 bridgehead atoms. The SMILES string of the molecule is CCOC(=O)[C@H](C)NC(=O)Cc1ccc(Br)c(F)c1. The van der Waals surface area contributed by atoms with Gasteiger partial charge in [-0.2, -0.15) is 0 Å². The number of carbonyl (C=O) groups excluding carboxylic acids is 2. The van der Waals surface area contributed by atoms with E-state index in [2.05, 4.69) is 21.2 Å². The van der Waals surface area contributed by atoms with Crippen LogP contribution in [0.1, 0.15) is 19.4 Å². The number of halogens is 2. The molecular weight excluding hydrogens is 317 g/mol. The molecule has 0 aromatic heterocycles. The Kier molecular flexibility index (Phi) is 5.95. The molecule has 0 spiro atoms. The van der Waals surface area contributed by atoms with Crippen LogP contribution in [0.25, 0.3) is 0 Å². The van der Waals surface area contributed by atoms with E-state index in [1.807, 2.05) is 0 Å². The molecule has 1 rings (SSSR count). The summed E-state index contributed by atoms with van der Waals surface area (Å²) in [6, 6.07) is 3.74. The molecule has 1 aromatic rings. The Balaban J connectivity index is 2.55. The Bertz CT molecular complexity index is 479. The van der Waals surface area contributed by atoms with Gasteiger partial charge in [-0.05, 0) is 47.5 Å². The van der Waals surface area contributed by atoms with Gasteiger partial charge in [0.15, 0.2) is 0 Å². The molecule has 0 saturated heterocycles. The predicted octanol–water partition coefficient (Wildman–Crippen LogP) is 2.20. The zero-order chi connectivity index (χ0) is 14.4. The van der Waals surface area contributed by atoms with Crippen molar-refractivity contribution >= 4 is 27.8 Å². The minimum atomic E-state index is -0.715. The van der Waals surface area contributed by atoms with Gasteiger partial charge in [-0.3, -0.25) is 4.79 Å². The summed E-state index contributed by atoms with van der Waals surface area (Å²) in [5, 5.41) is 2.50. The van der Waals surface area contributed by atoms with Crippen molar-refractivity contribution in [1.82, 2.24) is 5.32 Å². The van der Waals surface area contributed by atoms with Crippen molar-refractivity contribution in [1.29, 1.82) is 0 Å². The van der Waals surface area contributed by atoms with E-state index >= 15 is 0 Å². The van der Waals surface area contributed by atoms with Gasteiger partial charge in [-0.1, -0.05) is 6.07 Å². The first-order valence-electron chi connectivity index (χ1n) is 5.84. The van der Waals surface area contributed by atoms with E-state index in [-0.39, 0.29) is 18.9 Å². The zero-order valence-electron chi connectivity index (χ0n) is 10.7. The van der Waals surface area contributed by atoms with Crippen molar-refractivity contribution < 1.29 is 18.7 Å². The smallest absolute Gasteiger partial charge is 0.328 e. The van der Waals surface area contributed by atoms with Gasteiger partial charge in [0.25, 0.3) is 0 Å². The molecule has 1 amide bonds. The first kappa shape index (κ1) is 15.6. The van der Waals surface area contributed by atoms with Crippen LogP contribution < -0.4 is 5.32 Å². The molecule has 0 radical (unpaired) electrons. The number of rotatable bonds is 5. The Labute approximate surface area is 119 Å². The largest absolute Gasteiger partial charge is 0.464 e. The van der Waals surface area contributed by atoms with E-state index in [4.69, 9.17) is 4.74 Å². The average Bonchev–Trinajstić information content (AvgIpc) is 2.34. The van der Waals surface area contributed by atoms with Gasteiger partial charge < -0.3 is 10.1 Å². The lowest BCUT2D eigenvalue weighted by Crippen LogP contribution is -2.40. The van der Waals surface area contributed by atoms with Gasteiger partial charge in [0.1, 0.15) is 11.9 Å². The van der Waals surface area contributed by atoms with Crippen molar-refractivity contribution in [3.05, 3.63) is 34.1 Å². The lowest BCUT2D eigenvalue weighted by Gasteiger charge is -2.12. The van der Waals surface area contributed by atoms with Crippen LogP contribution in [0.3, 0.4) is 0 Å². The molecule has 4 nitrogen and oxygen atoms in total. The molecule has 0 aliphatic heterocycles. The highest BCUT2D eigenvalue weighted by Crippen LogP contribution is 2.16. The molecule has 0 unspecified atom stereocenters. The fourth-order valence-corrected chi connectivity index (χ4v) is 1.70. The third-order valence-corrected chi connectivity index (χ3v) is 3.01. The fourth-order valence-electron chi connectivity index (χ4n) is 1.45. The monoisotopic (exact) mass is 331 g/mol. The minimum absolute atomic E-state index is 0.00788. The van der Waals surface area contributed by atoms with Crippen molar-refractivity contribution in [2.24, 2.45) is 0 Å². The molecule has 19 heavy (non-hydrogen) atoms. The number of amides is 1. The zero-order valence-corrected chi connectivity index (χ0v) is 12.3. The fraction of sp³-hybridized carbons (Fsp3) is 0.385. The second-order valence-corrected chi connectivity index (χ2v) is 4.82. The van der Waals surface area contributed by atoms with E-state index in [0.717, 1.165) is 0 Å². The Morgan fingerprint density at radius 3 is 2.74 bits per heavy atom. The highest BCUT2D eigenvalue weighted by atomic mass is 79.9. The van der Waals surface area contributed by atoms with E-state index in [9.17, 15) is 14.0 Å². The third-order valence-electron chi connectivity index (χ3n) is 2.37. The summed E-state index contributed by atoms with van der Waals surface area (Å²) in [7, 11) is 0. The first-order valence-corrected chi connectivity index (χ1v) is 6.63. The van der Waals surface area contributed by atoms with E-state index in [1.165, 1.54) is 19.1 Å². The highest BCUT2D eigenvalue weighted by molar-refractivity contribution is 9.10. The van der Waals surface area contributed by atoms with Crippen LogP contribution in [-0.2, 0) is 20.7 Å². The first-order chi connectivity index (χ1) is 8.93. The lowest BCUT2D eigenvalue weighted by atomic mass is 10.1. The number of esters is 1. The lowest BCUT2D eigenvalue weighted by molar-refractivity contribution is -0.146. The molecule has 1 N–H and O–H groups in total.